The fourth-order valence-corrected chi connectivity index (χ4v) is 0.399. The predicted molar refractivity (Wildman–Crippen MR) is 41.5 cm³/mol. The number of allylic oxidation sites excluding steroid dienone is 3. The van der Waals surface area contributed by atoms with Gasteiger partial charge in [0.1, 0.15) is 0 Å². The Morgan fingerprint density at radius 3 is 2.67 bits per heavy atom. The summed E-state index contributed by atoms with van der Waals surface area (Å²) in [5, 5.41) is 0. The van der Waals surface area contributed by atoms with Crippen LogP contribution < -0.4 is 5.73 Å². The highest BCUT2D eigenvalue weighted by Crippen LogP contribution is 1.89. The van der Waals surface area contributed by atoms with Gasteiger partial charge in [-0.25, -0.2) is 0 Å². The summed E-state index contributed by atoms with van der Waals surface area (Å²) < 4.78 is 0. The monoisotopic (exact) mass is 124 g/mol. The van der Waals surface area contributed by atoms with Gasteiger partial charge in [-0.05, 0) is 30.8 Å². The summed E-state index contributed by atoms with van der Waals surface area (Å²) in [6, 6.07) is 0. The van der Waals surface area contributed by atoms with Gasteiger partial charge in [-0.2, -0.15) is 0 Å². The van der Waals surface area contributed by atoms with E-state index in [4.69, 9.17) is 5.73 Å². The molecule has 2 nitrogen and oxygen atoms in total. The van der Waals surface area contributed by atoms with Crippen molar-refractivity contribution in [3.8, 4) is 0 Å². The van der Waals surface area contributed by atoms with E-state index in [-0.39, 0.29) is 0 Å². The number of nitrogens with two attached hydrogens (primary N) is 1. The highest BCUT2D eigenvalue weighted by molar-refractivity contribution is 5.72. The number of hydrogen-bond donors (Lipinski definition) is 1. The SMILES string of the molecule is CN=CC=C(C)C=CN. The zero-order chi connectivity index (χ0) is 7.11. The van der Waals surface area contributed by atoms with Gasteiger partial charge in [-0.1, -0.05) is 0 Å². The Kier molecular flexibility index (Phi) is 4.50. The van der Waals surface area contributed by atoms with Crippen molar-refractivity contribution in [3.63, 3.8) is 0 Å². The van der Waals surface area contributed by atoms with E-state index >= 15 is 0 Å². The minimum absolute atomic E-state index is 1.10. The summed E-state index contributed by atoms with van der Waals surface area (Å²) in [5.74, 6) is 0. The summed E-state index contributed by atoms with van der Waals surface area (Å²) in [6.07, 6.45) is 6.95. The Labute approximate surface area is 55.8 Å². The molecule has 0 fully saturated rings. The first-order valence-corrected chi connectivity index (χ1v) is 2.78. The molecular formula is C7H12N2. The molecule has 0 amide bonds. The lowest BCUT2D eigenvalue weighted by molar-refractivity contribution is 1.45. The zero-order valence-electron chi connectivity index (χ0n) is 5.83. The lowest BCUT2D eigenvalue weighted by atomic mass is 10.3. The Hall–Kier alpha value is -1.05. The third-order valence-corrected chi connectivity index (χ3v) is 0.846. The topological polar surface area (TPSA) is 38.4 Å². The molecule has 2 heteroatoms. The molecule has 0 atom stereocenters. The Morgan fingerprint density at radius 1 is 1.56 bits per heavy atom. The van der Waals surface area contributed by atoms with Crippen molar-refractivity contribution in [2.45, 2.75) is 6.92 Å². The molecule has 0 aliphatic heterocycles. The van der Waals surface area contributed by atoms with Crippen molar-refractivity contribution in [3.05, 3.63) is 23.9 Å². The third-order valence-electron chi connectivity index (χ3n) is 0.846. The summed E-state index contributed by atoms with van der Waals surface area (Å²) in [4.78, 5) is 3.78. The lowest BCUT2D eigenvalue weighted by Crippen LogP contribution is -1.77. The summed E-state index contributed by atoms with van der Waals surface area (Å²) >= 11 is 0. The molecule has 50 valence electrons. The molecule has 0 spiro atoms. The number of rotatable bonds is 2. The van der Waals surface area contributed by atoms with E-state index in [9.17, 15) is 0 Å². The van der Waals surface area contributed by atoms with E-state index in [2.05, 4.69) is 4.99 Å². The van der Waals surface area contributed by atoms with Crippen molar-refractivity contribution < 1.29 is 0 Å². The van der Waals surface area contributed by atoms with Crippen LogP contribution in [-0.4, -0.2) is 13.3 Å². The largest absolute Gasteiger partial charge is 0.405 e. The van der Waals surface area contributed by atoms with Gasteiger partial charge in [0.25, 0.3) is 0 Å². The molecule has 0 saturated carbocycles. The van der Waals surface area contributed by atoms with Crippen molar-refractivity contribution in [1.29, 1.82) is 0 Å². The number of aliphatic imine (C=N–C) groups is 1. The first kappa shape index (κ1) is 7.95. The average Bonchev–Trinajstić information content (AvgIpc) is 1.85. The van der Waals surface area contributed by atoms with Gasteiger partial charge in [-0.15, -0.1) is 0 Å². The minimum Gasteiger partial charge on any atom is -0.405 e. The van der Waals surface area contributed by atoms with E-state index < -0.39 is 0 Å². The summed E-state index contributed by atoms with van der Waals surface area (Å²) in [6.45, 7) is 1.96. The second-order valence-electron chi connectivity index (χ2n) is 1.68. The van der Waals surface area contributed by atoms with Crippen LogP contribution in [0.2, 0.25) is 0 Å². The van der Waals surface area contributed by atoms with Gasteiger partial charge in [-0.3, -0.25) is 4.99 Å². The van der Waals surface area contributed by atoms with Crippen LogP contribution in [0, 0.1) is 0 Å². The first-order chi connectivity index (χ1) is 4.31. The van der Waals surface area contributed by atoms with Gasteiger partial charge in [0.2, 0.25) is 0 Å². The van der Waals surface area contributed by atoms with Crippen molar-refractivity contribution >= 4 is 6.21 Å². The molecule has 0 unspecified atom stereocenters. The second-order valence-corrected chi connectivity index (χ2v) is 1.68. The number of hydrogen-bond acceptors (Lipinski definition) is 2. The molecule has 0 aromatic rings. The van der Waals surface area contributed by atoms with Gasteiger partial charge >= 0.3 is 0 Å². The van der Waals surface area contributed by atoms with E-state index in [0.717, 1.165) is 5.57 Å². The van der Waals surface area contributed by atoms with E-state index in [1.54, 1.807) is 13.3 Å². The maximum absolute atomic E-state index is 5.14. The Morgan fingerprint density at radius 2 is 2.22 bits per heavy atom. The maximum Gasteiger partial charge on any atom is 0.0277 e. The van der Waals surface area contributed by atoms with Gasteiger partial charge in [0, 0.05) is 13.3 Å². The highest BCUT2D eigenvalue weighted by atomic mass is 14.6. The molecule has 0 rings (SSSR count). The van der Waals surface area contributed by atoms with E-state index in [0.29, 0.717) is 0 Å². The zero-order valence-corrected chi connectivity index (χ0v) is 5.83. The molecule has 0 aromatic heterocycles. The van der Waals surface area contributed by atoms with Gasteiger partial charge in [0.05, 0.1) is 0 Å². The maximum atomic E-state index is 5.14. The number of nitrogens with zero attached hydrogens (tertiary/aromatic N) is 1. The molecule has 0 aliphatic carbocycles. The molecule has 0 heterocycles. The van der Waals surface area contributed by atoms with Crippen molar-refractivity contribution in [2.75, 3.05) is 7.05 Å². The summed E-state index contributed by atoms with van der Waals surface area (Å²) in [7, 11) is 1.73. The van der Waals surface area contributed by atoms with Crippen LogP contribution >= 0.6 is 0 Å². The average molecular weight is 124 g/mol. The Balaban J connectivity index is 3.84. The van der Waals surface area contributed by atoms with Crippen LogP contribution in [0.5, 0.6) is 0 Å². The quantitative estimate of drug-likeness (QED) is 0.434. The van der Waals surface area contributed by atoms with Crippen LogP contribution in [0.15, 0.2) is 28.9 Å². The second kappa shape index (κ2) is 5.09. The van der Waals surface area contributed by atoms with Gasteiger partial charge in [0.15, 0.2) is 0 Å². The molecule has 0 saturated heterocycles. The molecule has 0 radical (unpaired) electrons. The summed E-state index contributed by atoms with van der Waals surface area (Å²) in [5.41, 5.74) is 6.24. The smallest absolute Gasteiger partial charge is 0.0277 e. The van der Waals surface area contributed by atoms with E-state index in [1.165, 1.54) is 6.20 Å². The third kappa shape index (κ3) is 4.81. The van der Waals surface area contributed by atoms with Crippen LogP contribution in [0.4, 0.5) is 0 Å². The Bertz CT molecular complexity index is 143. The molecule has 0 bridgehead atoms. The fraction of sp³-hybridized carbons (Fsp3) is 0.286. The molecule has 0 aliphatic rings. The standard InChI is InChI=1S/C7H12N2/c1-7(3-5-8)4-6-9-2/h3-6H,8H2,1-2H3. The predicted octanol–water partition coefficient (Wildman–Crippen LogP) is 1.11. The first-order valence-electron chi connectivity index (χ1n) is 2.78. The van der Waals surface area contributed by atoms with Crippen molar-refractivity contribution in [2.24, 2.45) is 10.7 Å². The molecular weight excluding hydrogens is 112 g/mol. The highest BCUT2D eigenvalue weighted by Gasteiger charge is 1.73. The fourth-order valence-electron chi connectivity index (χ4n) is 0.399. The van der Waals surface area contributed by atoms with E-state index in [1.807, 2.05) is 19.1 Å². The van der Waals surface area contributed by atoms with Crippen LogP contribution in [0.25, 0.3) is 0 Å². The van der Waals surface area contributed by atoms with Crippen LogP contribution in [0.1, 0.15) is 6.92 Å². The van der Waals surface area contributed by atoms with Crippen LogP contribution in [-0.2, 0) is 0 Å². The molecule has 9 heavy (non-hydrogen) atoms. The van der Waals surface area contributed by atoms with Crippen LogP contribution in [0.3, 0.4) is 0 Å². The minimum atomic E-state index is 1.10. The normalized spacial score (nSPS) is 13.8. The molecule has 2 N–H and O–H groups in total. The van der Waals surface area contributed by atoms with Crippen molar-refractivity contribution in [1.82, 2.24) is 0 Å². The lowest BCUT2D eigenvalue weighted by Gasteiger charge is -1.83. The van der Waals surface area contributed by atoms with Gasteiger partial charge < -0.3 is 5.73 Å². The molecule has 0 aromatic carbocycles.